The Balaban J connectivity index is 0.000000159. The summed E-state index contributed by atoms with van der Waals surface area (Å²) in [6.45, 7) is -16.8. The van der Waals surface area contributed by atoms with Crippen molar-refractivity contribution >= 4 is 44.1 Å². The molecule has 3 aliphatic rings. The predicted molar refractivity (Wildman–Crippen MR) is 535 cm³/mol. The summed E-state index contributed by atoms with van der Waals surface area (Å²) in [6, 6.07) is 104. The number of hydrogen-bond donors (Lipinski definition) is 0. The number of nitrogens with zero attached hydrogens (tertiary/aromatic N) is 8. The van der Waals surface area contributed by atoms with E-state index in [0.29, 0.717) is 171 Å². The van der Waals surface area contributed by atoms with Gasteiger partial charge in [-0.15, -0.1) is 179 Å². The number of aryl methyl sites for hydroxylation is 9. The molecule has 0 amide bonds. The first-order valence-electron chi connectivity index (χ1n) is 58.4. The van der Waals surface area contributed by atoms with Crippen molar-refractivity contribution in [3.05, 3.63) is 442 Å². The van der Waals surface area contributed by atoms with Crippen LogP contribution >= 0.6 is 0 Å². The van der Waals surface area contributed by atoms with E-state index in [9.17, 15) is 4.11 Å². The molecule has 10 nitrogen and oxygen atoms in total. The molecule has 3 radical (unpaired) electrons. The molecule has 0 N–H and O–H groups in total. The second-order valence-corrected chi connectivity index (χ2v) is 31.9. The molecule has 0 saturated heterocycles. The molecule has 10 heterocycles. The number of benzene rings is 9. The van der Waals surface area contributed by atoms with Gasteiger partial charge in [0, 0.05) is 161 Å². The predicted octanol–water partition coefficient (Wildman–Crippen LogP) is 31.0. The number of hydrogen-bond acceptors (Lipinski definition) is 10. The van der Waals surface area contributed by atoms with E-state index in [0.717, 1.165) is 44.8 Å². The maximum Gasteiger partial charge on any atom is 0.216 e. The van der Waals surface area contributed by atoms with Crippen molar-refractivity contribution in [3.63, 3.8) is 0 Å². The van der Waals surface area contributed by atoms with Crippen LogP contribution in [0.5, 0.6) is 0 Å². The van der Waals surface area contributed by atoms with Crippen molar-refractivity contribution in [3.8, 4) is 67.5 Å². The summed E-state index contributed by atoms with van der Waals surface area (Å²) in [5.41, 5.74) is 14.4. The Morgan fingerprint density at radius 2 is 0.664 bits per heavy atom. The quantitative estimate of drug-likeness (QED) is 0.109. The van der Waals surface area contributed by atoms with Gasteiger partial charge in [0.05, 0.1) is 11.2 Å². The number of pyridine rings is 8. The summed E-state index contributed by atoms with van der Waals surface area (Å²) in [4.78, 5) is 34.2. The van der Waals surface area contributed by atoms with E-state index >= 15 is 0 Å². The second kappa shape index (κ2) is 47.1. The minimum atomic E-state index is -2.48. The first kappa shape index (κ1) is 65.4. The van der Waals surface area contributed by atoms with Crippen molar-refractivity contribution in [2.24, 2.45) is 0 Å². The number of fused-ring (bicyclic) bond motifs is 6. The fourth-order valence-corrected chi connectivity index (χ4v) is 16.6. The molecule has 13 heteroatoms. The van der Waals surface area contributed by atoms with Crippen LogP contribution < -0.4 is 0 Å². The smallest absolute Gasteiger partial charge is 0.216 e. The Morgan fingerprint density at radius 3 is 1.04 bits per heavy atom. The van der Waals surface area contributed by atoms with Gasteiger partial charge in [0.15, 0.2) is 0 Å². The molecule has 3 fully saturated rings. The van der Waals surface area contributed by atoms with E-state index in [1.807, 2.05) is 170 Å². The monoisotopic (exact) mass is 2320 g/mol. The molecule has 679 valence electrons. The van der Waals surface area contributed by atoms with Gasteiger partial charge in [-0.05, 0) is 293 Å². The molecule has 9 aromatic carbocycles. The summed E-state index contributed by atoms with van der Waals surface area (Å²) < 4.78 is 252. The van der Waals surface area contributed by atoms with Gasteiger partial charge in [-0.1, -0.05) is 174 Å². The Morgan fingerprint density at radius 1 is 0.284 bits per heavy atom. The van der Waals surface area contributed by atoms with Crippen molar-refractivity contribution < 1.29 is 110 Å². The molecule has 0 atom stereocenters. The Kier molecular flexibility index (Phi) is 23.0. The molecule has 0 spiro atoms. The summed E-state index contributed by atoms with van der Waals surface area (Å²) in [5.74, 6) is -5.92. The van der Waals surface area contributed by atoms with E-state index in [4.69, 9.17) is 45.8 Å². The van der Waals surface area contributed by atoms with Gasteiger partial charge in [-0.2, -0.15) is 0 Å². The molecule has 3 aliphatic carbocycles. The number of furan rings is 2. The Hall–Kier alpha value is -12.3. The molecule has 22 rings (SSSR count). The molecule has 3 saturated carbocycles. The summed E-state index contributed by atoms with van der Waals surface area (Å²) in [7, 11) is 0. The summed E-state index contributed by atoms with van der Waals surface area (Å²) in [6.07, 6.45) is 13.4. The average molecular weight is 2320 g/mol. The molecule has 0 bridgehead atoms. The molecule has 134 heavy (non-hydrogen) atoms. The third-order valence-electron chi connectivity index (χ3n) is 23.5. The standard InChI is InChI=1S/2C30H27N2O.C24H24N.C14H14N.C12H10N.C11H8N.3Ir/c2*1-19-18-31-28(17-27(19)23-14-12-22(13-15-23)21-7-4-3-5-8-21)26-10-6-9-24-25-16-11-20(2)32-30(25)33-29(24)26;1-18-17-25-24(22-10-6-3-7-11-22)16-23(18)21-14-12-20(13-15-21)19-8-4-2-5-9-19;1-10-4-6-13(7-5-10)14-8-11(2)12(3)9-15-14;1-10-7-8-12(13-9-10)11-5-3-2-4-6-11;1-2-6-10(7-3-1)11-8-4-5-9-12-11;;;/h2*3-9,11,16-18,22-23H,12-15H2,1-2H3;2-10,16-17,20-21H,12-15H2,1H3;4-6,8-9H,1-3H3;2-5,7-9H,1H3;1-6,8-9H;;;/q6*-1;;;/i2*1D3,2D3,22D,23D;1D3,20D,21D;1D3,3D3;1D3;;;;. The van der Waals surface area contributed by atoms with E-state index in [-0.39, 0.29) is 117 Å². The Bertz CT molecular complexity index is 8050. The van der Waals surface area contributed by atoms with E-state index in [2.05, 4.69) is 76.3 Å². The Labute approximate surface area is 873 Å². The molecule has 10 aromatic heterocycles. The van der Waals surface area contributed by atoms with E-state index < -0.39 is 90.2 Å². The molecular formula is C121H110Ir3N8O2-6. The molecule has 19 aromatic rings. The molecule has 0 unspecified atom stereocenters. The minimum absolute atomic E-state index is 0. The van der Waals surface area contributed by atoms with E-state index in [1.54, 1.807) is 104 Å². The van der Waals surface area contributed by atoms with Gasteiger partial charge in [0.25, 0.3) is 0 Å². The van der Waals surface area contributed by atoms with Gasteiger partial charge in [-0.25, -0.2) is 9.97 Å². The summed E-state index contributed by atoms with van der Waals surface area (Å²) >= 11 is 0. The van der Waals surface area contributed by atoms with Gasteiger partial charge in [0.2, 0.25) is 11.4 Å². The SMILES string of the molecule is [2H]C([2H])([2H])c1c[c-]c(-c2cc(C)c(C([2H])([2H])[2H])cn2)cc1.[2H]C([2H])([2H])c1ccc(-c2[c-]cccc2)nc1.[2H]C([2H])([2H])c1ccc2c(n1)oc1c(-c3cc(C4([2H])CCC([2H])(c5ccccc5)CC4)c(C([2H])([2H])[2H])cn3)[c-]ccc12.[2H]C([2H])([2H])c1ccc2c(n1)oc1c(-c3cc(C4([2H])CCC([2H])(c5ccccc5)CC4)c(C([2H])([2H])[2H])cn3)[c-]ccc12.[2H]C([2H])([2H])c1cnc(-c2[c-]cccc2)cc1C1([2H])CCC([2H])(c2ccccc2)CC1.[Ir].[Ir].[Ir].[c-]1ccccc1-c1ccccn1. The normalized spacial score (nSPS) is 23.4. The van der Waals surface area contributed by atoms with Crippen LogP contribution in [-0.4, -0.2) is 39.9 Å². The van der Waals surface area contributed by atoms with Crippen LogP contribution in [0.3, 0.4) is 0 Å². The van der Waals surface area contributed by atoms with Gasteiger partial charge < -0.3 is 38.7 Å². The fourth-order valence-electron chi connectivity index (χ4n) is 16.6. The minimum Gasteiger partial charge on any atom is -0.486 e. The van der Waals surface area contributed by atoms with Crippen molar-refractivity contribution in [2.45, 2.75) is 174 Å². The third kappa shape index (κ3) is 24.3. The first-order chi connectivity index (χ1) is 75.9. The fraction of sp³-hybridized carbons (Fsp3) is 0.223. The zero-order chi connectivity index (χ0) is 115. The maximum atomic E-state index is 9.46. The summed E-state index contributed by atoms with van der Waals surface area (Å²) in [5, 5.41) is 2.67. The zero-order valence-electron chi connectivity index (χ0n) is 103. The van der Waals surface area contributed by atoms with Crippen molar-refractivity contribution in [1.82, 2.24) is 39.9 Å². The van der Waals surface area contributed by atoms with E-state index in [1.165, 1.54) is 55.2 Å². The van der Waals surface area contributed by atoms with Crippen LogP contribution in [0.1, 0.15) is 237 Å². The maximum absolute atomic E-state index is 9.46. The largest absolute Gasteiger partial charge is 0.486 e. The topological polar surface area (TPSA) is 129 Å². The van der Waals surface area contributed by atoms with Crippen molar-refractivity contribution in [2.75, 3.05) is 0 Å². The van der Waals surface area contributed by atoms with Gasteiger partial charge in [0.1, 0.15) is 0 Å². The third-order valence-corrected chi connectivity index (χ3v) is 23.5. The van der Waals surface area contributed by atoms with Crippen molar-refractivity contribution in [1.29, 1.82) is 0 Å². The van der Waals surface area contributed by atoms with Crippen LogP contribution in [-0.2, 0) is 60.3 Å². The second-order valence-electron chi connectivity index (χ2n) is 31.9. The molecular weight excluding hydrogens is 2170 g/mol. The van der Waals surface area contributed by atoms with Gasteiger partial charge >= 0.3 is 0 Å². The number of aromatic nitrogens is 8. The van der Waals surface area contributed by atoms with Crippen LogP contribution in [0, 0.1) is 98.1 Å². The molecule has 0 aliphatic heterocycles. The zero-order valence-corrected chi connectivity index (χ0v) is 80.2. The average Bonchev–Trinajstić information content (AvgIpc) is 1.25. The van der Waals surface area contributed by atoms with Crippen LogP contribution in [0.15, 0.2) is 331 Å². The first-order valence-corrected chi connectivity index (χ1v) is 43.4. The van der Waals surface area contributed by atoms with Crippen LogP contribution in [0.4, 0.5) is 0 Å². The van der Waals surface area contributed by atoms with Crippen LogP contribution in [0.25, 0.3) is 112 Å². The van der Waals surface area contributed by atoms with Gasteiger partial charge in [-0.3, -0.25) is 0 Å². The van der Waals surface area contributed by atoms with Crippen LogP contribution in [0.2, 0.25) is 0 Å². The number of rotatable bonds is 12.